The van der Waals surface area contributed by atoms with Crippen molar-refractivity contribution in [1.29, 1.82) is 0 Å². The molecule has 31 heavy (non-hydrogen) atoms. The fourth-order valence-electron chi connectivity index (χ4n) is 3.46. The lowest BCUT2D eigenvalue weighted by molar-refractivity contribution is -0.127. The largest absolute Gasteiger partial charge is 0.305 e. The Labute approximate surface area is 188 Å². The van der Waals surface area contributed by atoms with Crippen LogP contribution in [0.5, 0.6) is 0 Å². The number of likely N-dealkylation sites (tertiary alicyclic amines) is 1. The highest BCUT2D eigenvalue weighted by atomic mass is 35.5. The molecule has 2 amide bonds. The minimum atomic E-state index is -0.442. The molecule has 160 valence electrons. The van der Waals surface area contributed by atoms with E-state index >= 15 is 0 Å². The van der Waals surface area contributed by atoms with Crippen molar-refractivity contribution in [1.82, 2.24) is 19.7 Å². The minimum absolute atomic E-state index is 0.228. The quantitative estimate of drug-likeness (QED) is 0.535. The number of hydrogen-bond acceptors (Lipinski definition) is 5. The molecular weight excluding hydrogens is 439 g/mol. The highest BCUT2D eigenvalue weighted by Gasteiger charge is 2.33. The Bertz CT molecular complexity index is 1100. The third-order valence-electron chi connectivity index (χ3n) is 5.16. The minimum Gasteiger partial charge on any atom is -0.305 e. The molecule has 0 unspecified atom stereocenters. The first-order valence-corrected chi connectivity index (χ1v) is 11.1. The summed E-state index contributed by atoms with van der Waals surface area (Å²) in [4.78, 5) is 27.5. The molecule has 1 aliphatic heterocycles. The van der Waals surface area contributed by atoms with Gasteiger partial charge in [0.25, 0.3) is 5.91 Å². The molecule has 2 aromatic carbocycles. The van der Waals surface area contributed by atoms with Gasteiger partial charge in [-0.3, -0.25) is 14.5 Å². The summed E-state index contributed by atoms with van der Waals surface area (Å²) in [6.07, 6.45) is 2.23. The average Bonchev–Trinajstić information content (AvgIpc) is 3.02. The van der Waals surface area contributed by atoms with Crippen LogP contribution in [0.1, 0.15) is 29.6 Å². The van der Waals surface area contributed by atoms with Gasteiger partial charge in [-0.05, 0) is 61.4 Å². The maximum atomic E-state index is 13.2. The van der Waals surface area contributed by atoms with Gasteiger partial charge < -0.3 is 4.57 Å². The van der Waals surface area contributed by atoms with E-state index in [4.69, 9.17) is 11.6 Å². The standard InChI is InChI=1S/C22H20ClFN4O2S/c1-27-19(14-7-11-17(24)12-8-14)25-26-22(27)31-18-4-2-3-13-28(21(18)30)20(29)15-5-9-16(23)10-6-15/h5-12,18H,2-4,13H2,1H3/t18-/m1/s1. The molecule has 0 spiro atoms. The highest BCUT2D eigenvalue weighted by Crippen LogP contribution is 2.31. The molecule has 4 rings (SSSR count). The summed E-state index contributed by atoms with van der Waals surface area (Å²) in [6, 6.07) is 12.5. The van der Waals surface area contributed by atoms with Gasteiger partial charge in [-0.2, -0.15) is 0 Å². The van der Waals surface area contributed by atoms with Crippen LogP contribution < -0.4 is 0 Å². The van der Waals surface area contributed by atoms with E-state index in [2.05, 4.69) is 10.2 Å². The third-order valence-corrected chi connectivity index (χ3v) is 6.70. The number of halogens is 2. The summed E-state index contributed by atoms with van der Waals surface area (Å²) in [7, 11) is 1.80. The van der Waals surface area contributed by atoms with Crippen LogP contribution in [0.15, 0.2) is 53.7 Å². The maximum Gasteiger partial charge on any atom is 0.260 e. The molecule has 0 radical (unpaired) electrons. The number of aromatic nitrogens is 3. The average molecular weight is 459 g/mol. The molecule has 1 fully saturated rings. The van der Waals surface area contributed by atoms with E-state index in [1.54, 1.807) is 48.0 Å². The van der Waals surface area contributed by atoms with Gasteiger partial charge in [0.1, 0.15) is 5.82 Å². The van der Waals surface area contributed by atoms with Crippen LogP contribution in [0.3, 0.4) is 0 Å². The molecule has 1 saturated heterocycles. The maximum absolute atomic E-state index is 13.2. The van der Waals surface area contributed by atoms with E-state index in [-0.39, 0.29) is 17.6 Å². The van der Waals surface area contributed by atoms with Crippen LogP contribution >= 0.6 is 23.4 Å². The lowest BCUT2D eigenvalue weighted by Crippen LogP contribution is -2.41. The second-order valence-corrected chi connectivity index (χ2v) is 8.88. The van der Waals surface area contributed by atoms with Gasteiger partial charge in [0.05, 0.1) is 5.25 Å². The Hall–Kier alpha value is -2.71. The van der Waals surface area contributed by atoms with Crippen LogP contribution in [0, 0.1) is 5.82 Å². The number of benzene rings is 2. The molecule has 1 atom stereocenters. The van der Waals surface area contributed by atoms with E-state index in [9.17, 15) is 14.0 Å². The Morgan fingerprint density at radius 2 is 1.81 bits per heavy atom. The van der Waals surface area contributed by atoms with Crippen molar-refractivity contribution < 1.29 is 14.0 Å². The predicted molar refractivity (Wildman–Crippen MR) is 117 cm³/mol. The van der Waals surface area contributed by atoms with Crippen LogP contribution in [-0.2, 0) is 11.8 Å². The van der Waals surface area contributed by atoms with Crippen LogP contribution in [0.2, 0.25) is 5.02 Å². The zero-order valence-electron chi connectivity index (χ0n) is 16.8. The third kappa shape index (κ3) is 4.65. The van der Waals surface area contributed by atoms with E-state index in [0.717, 1.165) is 18.4 Å². The number of imide groups is 1. The van der Waals surface area contributed by atoms with Crippen molar-refractivity contribution in [3.8, 4) is 11.4 Å². The Kier molecular flexibility index (Phi) is 6.38. The van der Waals surface area contributed by atoms with Crippen molar-refractivity contribution in [3.05, 3.63) is 64.9 Å². The fourth-order valence-corrected chi connectivity index (χ4v) is 4.69. The lowest BCUT2D eigenvalue weighted by atomic mass is 10.2. The van der Waals surface area contributed by atoms with Crippen molar-refractivity contribution >= 4 is 35.2 Å². The van der Waals surface area contributed by atoms with E-state index in [1.165, 1.54) is 28.8 Å². The molecule has 1 aliphatic rings. The van der Waals surface area contributed by atoms with E-state index < -0.39 is 5.25 Å². The molecule has 0 saturated carbocycles. The normalized spacial score (nSPS) is 16.9. The van der Waals surface area contributed by atoms with Crippen LogP contribution in [0.25, 0.3) is 11.4 Å². The zero-order valence-corrected chi connectivity index (χ0v) is 18.4. The first kappa shape index (κ1) is 21.5. The molecule has 0 bridgehead atoms. The first-order valence-electron chi connectivity index (χ1n) is 9.87. The van der Waals surface area contributed by atoms with Gasteiger partial charge in [-0.25, -0.2) is 4.39 Å². The van der Waals surface area contributed by atoms with Gasteiger partial charge in [-0.1, -0.05) is 29.8 Å². The second-order valence-electron chi connectivity index (χ2n) is 7.28. The Morgan fingerprint density at radius 3 is 2.52 bits per heavy atom. The summed E-state index contributed by atoms with van der Waals surface area (Å²) in [5, 5.41) is 9.09. The molecular formula is C22H20ClFN4O2S. The van der Waals surface area contributed by atoms with Gasteiger partial charge in [0, 0.05) is 29.7 Å². The van der Waals surface area contributed by atoms with Crippen LogP contribution in [0.4, 0.5) is 4.39 Å². The monoisotopic (exact) mass is 458 g/mol. The van der Waals surface area contributed by atoms with Gasteiger partial charge >= 0.3 is 0 Å². The SMILES string of the molecule is Cn1c(S[C@@H]2CCCCN(C(=O)c3ccc(Cl)cc3)C2=O)nnc1-c1ccc(F)cc1. The topological polar surface area (TPSA) is 68.1 Å². The predicted octanol–water partition coefficient (Wildman–Crippen LogP) is 4.59. The van der Waals surface area contributed by atoms with Crippen molar-refractivity contribution in [2.45, 2.75) is 29.7 Å². The van der Waals surface area contributed by atoms with E-state index in [1.807, 2.05) is 0 Å². The molecule has 3 aromatic rings. The second kappa shape index (κ2) is 9.20. The summed E-state index contributed by atoms with van der Waals surface area (Å²) < 4.78 is 15.0. The first-order chi connectivity index (χ1) is 14.9. The van der Waals surface area contributed by atoms with Gasteiger partial charge in [0.15, 0.2) is 11.0 Å². The fraction of sp³-hybridized carbons (Fsp3) is 0.273. The summed E-state index contributed by atoms with van der Waals surface area (Å²) in [5.74, 6) is -0.291. The smallest absolute Gasteiger partial charge is 0.260 e. The van der Waals surface area contributed by atoms with Crippen molar-refractivity contribution in [2.24, 2.45) is 7.05 Å². The number of carbonyl (C=O) groups excluding carboxylic acids is 2. The molecule has 6 nitrogen and oxygen atoms in total. The number of rotatable bonds is 4. The Morgan fingerprint density at radius 1 is 1.10 bits per heavy atom. The number of amides is 2. The number of carbonyl (C=O) groups is 2. The highest BCUT2D eigenvalue weighted by molar-refractivity contribution is 8.00. The van der Waals surface area contributed by atoms with Crippen molar-refractivity contribution in [2.75, 3.05) is 6.54 Å². The molecule has 9 heteroatoms. The van der Waals surface area contributed by atoms with Crippen LogP contribution in [-0.4, -0.2) is 43.3 Å². The van der Waals surface area contributed by atoms with Crippen molar-refractivity contribution in [3.63, 3.8) is 0 Å². The van der Waals surface area contributed by atoms with E-state index in [0.29, 0.717) is 34.5 Å². The van der Waals surface area contributed by atoms with Gasteiger partial charge in [0.2, 0.25) is 5.91 Å². The summed E-state index contributed by atoms with van der Waals surface area (Å²) >= 11 is 7.21. The molecule has 0 N–H and O–H groups in total. The number of hydrogen-bond donors (Lipinski definition) is 0. The number of thioether (sulfide) groups is 1. The Balaban J connectivity index is 1.54. The van der Waals surface area contributed by atoms with Gasteiger partial charge in [-0.15, -0.1) is 10.2 Å². The zero-order chi connectivity index (χ0) is 22.0. The summed E-state index contributed by atoms with van der Waals surface area (Å²) in [6.45, 7) is 0.386. The number of nitrogens with zero attached hydrogens (tertiary/aromatic N) is 4. The molecule has 1 aromatic heterocycles. The molecule has 2 heterocycles. The lowest BCUT2D eigenvalue weighted by Gasteiger charge is -2.22. The summed E-state index contributed by atoms with van der Waals surface area (Å²) in [5.41, 5.74) is 1.16. The molecule has 0 aliphatic carbocycles.